The van der Waals surface area contributed by atoms with Crippen molar-refractivity contribution in [3.8, 4) is 0 Å². The number of hydrogen-bond donors (Lipinski definition) is 0. The predicted molar refractivity (Wildman–Crippen MR) is 84.0 cm³/mol. The molecule has 1 atom stereocenters. The van der Waals surface area contributed by atoms with Crippen LogP contribution in [0.3, 0.4) is 0 Å². The van der Waals surface area contributed by atoms with Crippen LogP contribution in [-0.4, -0.2) is 52.8 Å². The van der Waals surface area contributed by atoms with Gasteiger partial charge in [0.15, 0.2) is 0 Å². The van der Waals surface area contributed by atoms with Gasteiger partial charge in [-0.25, -0.2) is 0 Å². The molecule has 2 nitrogen and oxygen atoms in total. The quantitative estimate of drug-likeness (QED) is 0.771. The highest BCUT2D eigenvalue weighted by atomic mass is 28.1. The molecule has 1 aliphatic rings. The van der Waals surface area contributed by atoms with Gasteiger partial charge in [0.25, 0.3) is 0 Å². The van der Waals surface area contributed by atoms with E-state index in [-0.39, 0.29) is 0 Å². The van der Waals surface area contributed by atoms with Gasteiger partial charge in [-0.2, -0.15) is 0 Å². The van der Waals surface area contributed by atoms with Gasteiger partial charge in [0.1, 0.15) is 0 Å². The molecule has 1 heterocycles. The SMILES string of the molecule is C=Cc1ccc(C(C)N2CCN(CC)CC2)cc1[Si]. The van der Waals surface area contributed by atoms with Crippen LogP contribution >= 0.6 is 0 Å². The summed E-state index contributed by atoms with van der Waals surface area (Å²) in [6.07, 6.45) is 1.89. The van der Waals surface area contributed by atoms with E-state index in [4.69, 9.17) is 0 Å². The Morgan fingerprint density at radius 2 is 2.00 bits per heavy atom. The summed E-state index contributed by atoms with van der Waals surface area (Å²) >= 11 is 0. The highest BCUT2D eigenvalue weighted by Crippen LogP contribution is 2.21. The first-order valence-electron chi connectivity index (χ1n) is 7.10. The Balaban J connectivity index is 2.05. The molecule has 3 radical (unpaired) electrons. The van der Waals surface area contributed by atoms with Crippen molar-refractivity contribution in [2.45, 2.75) is 19.9 Å². The van der Waals surface area contributed by atoms with Crippen molar-refractivity contribution in [3.63, 3.8) is 0 Å². The zero-order valence-electron chi connectivity index (χ0n) is 12.0. The van der Waals surface area contributed by atoms with Crippen LogP contribution in [0.15, 0.2) is 24.8 Å². The fraction of sp³-hybridized carbons (Fsp3) is 0.500. The predicted octanol–water partition coefficient (Wildman–Crippen LogP) is 1.82. The molecule has 1 unspecified atom stereocenters. The van der Waals surface area contributed by atoms with E-state index >= 15 is 0 Å². The van der Waals surface area contributed by atoms with Gasteiger partial charge in [-0.15, -0.1) is 0 Å². The second-order valence-electron chi connectivity index (χ2n) is 5.20. The third-order valence-electron chi connectivity index (χ3n) is 4.18. The van der Waals surface area contributed by atoms with E-state index in [1.54, 1.807) is 0 Å². The molecule has 19 heavy (non-hydrogen) atoms. The molecule has 1 fully saturated rings. The average Bonchev–Trinajstić information content (AvgIpc) is 2.46. The maximum atomic E-state index is 3.83. The average molecular weight is 271 g/mol. The molecule has 3 heteroatoms. The summed E-state index contributed by atoms with van der Waals surface area (Å²) < 4.78 is 0. The number of hydrogen-bond acceptors (Lipinski definition) is 2. The van der Waals surface area contributed by atoms with E-state index in [1.165, 1.54) is 25.2 Å². The van der Waals surface area contributed by atoms with Gasteiger partial charge in [0, 0.05) is 32.2 Å². The first kappa shape index (κ1) is 14.5. The molecule has 101 valence electrons. The Bertz CT molecular complexity index is 436. The lowest BCUT2D eigenvalue weighted by Crippen LogP contribution is -2.46. The van der Waals surface area contributed by atoms with Gasteiger partial charge < -0.3 is 4.90 Å². The first-order valence-corrected chi connectivity index (χ1v) is 7.60. The van der Waals surface area contributed by atoms with E-state index in [2.05, 4.69) is 58.7 Å². The van der Waals surface area contributed by atoms with Crippen molar-refractivity contribution in [2.24, 2.45) is 0 Å². The number of rotatable bonds is 4. The summed E-state index contributed by atoms with van der Waals surface area (Å²) in [7, 11) is 3.68. The van der Waals surface area contributed by atoms with Crippen molar-refractivity contribution in [1.82, 2.24) is 9.80 Å². The third-order valence-corrected chi connectivity index (χ3v) is 4.61. The van der Waals surface area contributed by atoms with Crippen molar-refractivity contribution >= 4 is 21.5 Å². The van der Waals surface area contributed by atoms with E-state index in [1.807, 2.05) is 6.08 Å². The summed E-state index contributed by atoms with van der Waals surface area (Å²) in [6, 6.07) is 7.07. The van der Waals surface area contributed by atoms with Crippen LogP contribution in [0.1, 0.15) is 31.0 Å². The smallest absolute Gasteiger partial charge is 0.0720 e. The van der Waals surface area contributed by atoms with Crippen LogP contribution in [0.2, 0.25) is 0 Å². The molecule has 0 aromatic heterocycles. The fourth-order valence-corrected chi connectivity index (χ4v) is 3.04. The monoisotopic (exact) mass is 271 g/mol. The Hall–Kier alpha value is -0.903. The van der Waals surface area contributed by atoms with Crippen LogP contribution in [0.25, 0.3) is 6.08 Å². The highest BCUT2D eigenvalue weighted by molar-refractivity contribution is 6.34. The van der Waals surface area contributed by atoms with Crippen LogP contribution in [-0.2, 0) is 0 Å². The Morgan fingerprint density at radius 1 is 1.32 bits per heavy atom. The molecule has 0 saturated carbocycles. The van der Waals surface area contributed by atoms with Crippen LogP contribution in [0.5, 0.6) is 0 Å². The van der Waals surface area contributed by atoms with E-state index < -0.39 is 0 Å². The molecule has 0 N–H and O–H groups in total. The number of nitrogens with zero attached hydrogens (tertiary/aromatic N) is 2. The van der Waals surface area contributed by atoms with Crippen molar-refractivity contribution in [2.75, 3.05) is 32.7 Å². The van der Waals surface area contributed by atoms with Gasteiger partial charge >= 0.3 is 0 Å². The summed E-state index contributed by atoms with van der Waals surface area (Å²) in [4.78, 5) is 5.08. The molecule has 1 saturated heterocycles. The largest absolute Gasteiger partial charge is 0.301 e. The molecule has 0 aliphatic carbocycles. The second kappa shape index (κ2) is 6.50. The summed E-state index contributed by atoms with van der Waals surface area (Å²) in [5.74, 6) is 0. The molecule has 2 rings (SSSR count). The van der Waals surface area contributed by atoms with Gasteiger partial charge in [-0.05, 0) is 24.6 Å². The molecule has 0 amide bonds. The van der Waals surface area contributed by atoms with Gasteiger partial charge in [-0.3, -0.25) is 4.90 Å². The molecule has 0 bridgehead atoms. The zero-order valence-corrected chi connectivity index (χ0v) is 13.0. The number of piperazine rings is 1. The van der Waals surface area contributed by atoms with Gasteiger partial charge in [0.2, 0.25) is 0 Å². The lowest BCUT2D eigenvalue weighted by atomic mass is 10.0. The molecule has 1 aliphatic heterocycles. The second-order valence-corrected chi connectivity index (χ2v) is 5.74. The Labute approximate surface area is 120 Å². The minimum Gasteiger partial charge on any atom is -0.301 e. The first-order chi connectivity index (χ1) is 9.15. The molecule has 0 spiro atoms. The Morgan fingerprint density at radius 3 is 2.53 bits per heavy atom. The minimum atomic E-state index is 0.480. The minimum absolute atomic E-state index is 0.480. The normalized spacial score (nSPS) is 19.3. The molecular weight excluding hydrogens is 248 g/mol. The van der Waals surface area contributed by atoms with Crippen molar-refractivity contribution in [1.29, 1.82) is 0 Å². The van der Waals surface area contributed by atoms with Crippen LogP contribution in [0, 0.1) is 0 Å². The number of likely N-dealkylation sites (N-methyl/N-ethyl adjacent to an activating group) is 1. The summed E-state index contributed by atoms with van der Waals surface area (Å²) in [5.41, 5.74) is 2.53. The molecular formula is C16H23N2Si. The highest BCUT2D eigenvalue weighted by Gasteiger charge is 2.21. The van der Waals surface area contributed by atoms with Gasteiger partial charge in [0.05, 0.1) is 10.2 Å². The van der Waals surface area contributed by atoms with Crippen LogP contribution < -0.4 is 5.19 Å². The maximum absolute atomic E-state index is 3.83. The van der Waals surface area contributed by atoms with Crippen molar-refractivity contribution in [3.05, 3.63) is 35.9 Å². The zero-order chi connectivity index (χ0) is 13.8. The van der Waals surface area contributed by atoms with E-state index in [0.29, 0.717) is 6.04 Å². The standard InChI is InChI=1S/C16H23N2Si/c1-4-14-6-7-15(12-16(14)19)13(3)18-10-8-17(5-2)9-11-18/h4,6-7,12-13H,1,5,8-11H2,2-3H3. The summed E-state index contributed by atoms with van der Waals surface area (Å²) in [6.45, 7) is 14.2. The lowest BCUT2D eigenvalue weighted by Gasteiger charge is -2.38. The van der Waals surface area contributed by atoms with Gasteiger partial charge in [-0.1, -0.05) is 43.0 Å². The lowest BCUT2D eigenvalue weighted by molar-refractivity contribution is 0.106. The van der Waals surface area contributed by atoms with Crippen molar-refractivity contribution < 1.29 is 0 Å². The summed E-state index contributed by atoms with van der Waals surface area (Å²) in [5, 5.41) is 1.13. The number of benzene rings is 1. The van der Waals surface area contributed by atoms with Crippen LogP contribution in [0.4, 0.5) is 0 Å². The maximum Gasteiger partial charge on any atom is 0.0720 e. The fourth-order valence-electron chi connectivity index (χ4n) is 2.69. The van der Waals surface area contributed by atoms with E-state index in [0.717, 1.165) is 23.8 Å². The Kier molecular flexibility index (Phi) is 4.97. The topological polar surface area (TPSA) is 6.48 Å². The van der Waals surface area contributed by atoms with E-state index in [9.17, 15) is 0 Å². The molecule has 1 aromatic rings. The molecule has 1 aromatic carbocycles. The third kappa shape index (κ3) is 3.35.